The second-order valence-electron chi connectivity index (χ2n) is 8.91. The van der Waals surface area contributed by atoms with Gasteiger partial charge in [-0.3, -0.25) is 0 Å². The van der Waals surface area contributed by atoms with Gasteiger partial charge in [-0.2, -0.15) is 13.2 Å². The quantitative estimate of drug-likeness (QED) is 0.275. The van der Waals surface area contributed by atoms with Crippen LogP contribution in [0.25, 0.3) is 16.3 Å². The number of fused-ring (bicyclic) bond motifs is 1. The third kappa shape index (κ3) is 3.58. The molecule has 4 aromatic rings. The Balaban J connectivity index is 1.50. The predicted molar refractivity (Wildman–Crippen MR) is 134 cm³/mol. The molecule has 0 amide bonds. The average Bonchev–Trinajstić information content (AvgIpc) is 3.60. The fourth-order valence-electron chi connectivity index (χ4n) is 5.22. The van der Waals surface area contributed by atoms with Crippen LogP contribution in [-0.4, -0.2) is 15.0 Å². The summed E-state index contributed by atoms with van der Waals surface area (Å²) >= 11 is 0. The van der Waals surface area contributed by atoms with E-state index in [0.717, 1.165) is 58.7 Å². The minimum atomic E-state index is -4.41. The molecule has 3 aromatic carbocycles. The summed E-state index contributed by atoms with van der Waals surface area (Å²) in [4.78, 5) is 0. The smallest absolute Gasteiger partial charge is 0.309 e. The van der Waals surface area contributed by atoms with Gasteiger partial charge in [-0.25, -0.2) is 4.68 Å². The van der Waals surface area contributed by atoms with Gasteiger partial charge in [-0.15, -0.1) is 5.10 Å². The molecule has 2 aliphatic rings. The van der Waals surface area contributed by atoms with E-state index in [9.17, 15) is 13.2 Å². The van der Waals surface area contributed by atoms with Gasteiger partial charge in [0.15, 0.2) is 7.14 Å². The maximum absolute atomic E-state index is 15.3. The largest absolute Gasteiger partial charge is 0.416 e. The van der Waals surface area contributed by atoms with E-state index in [4.69, 9.17) is 0 Å². The van der Waals surface area contributed by atoms with E-state index in [1.165, 1.54) is 16.8 Å². The van der Waals surface area contributed by atoms with E-state index < -0.39 is 18.9 Å². The van der Waals surface area contributed by atoms with E-state index in [1.54, 1.807) is 6.20 Å². The van der Waals surface area contributed by atoms with Crippen LogP contribution in [0.2, 0.25) is 0 Å². The second kappa shape index (κ2) is 8.45. The number of alkyl halides is 3. The highest BCUT2D eigenvalue weighted by Gasteiger charge is 2.47. The number of allylic oxidation sites excluding steroid dienone is 2. The first-order chi connectivity index (χ1) is 17.4. The molecule has 2 heterocycles. The molecule has 1 fully saturated rings. The lowest BCUT2D eigenvalue weighted by molar-refractivity contribution is -0.137. The Labute approximate surface area is 206 Å². The molecular weight excluding hydrogens is 482 g/mol. The van der Waals surface area contributed by atoms with Crippen molar-refractivity contribution in [3.8, 4) is 5.69 Å². The first-order valence-electron chi connectivity index (χ1n) is 11.7. The Bertz CT molecular complexity index is 1550. The summed E-state index contributed by atoms with van der Waals surface area (Å²) in [5.41, 5.74) is 3.32. The van der Waals surface area contributed by atoms with Crippen molar-refractivity contribution in [1.82, 2.24) is 15.0 Å². The molecule has 1 atom stereocenters. The summed E-state index contributed by atoms with van der Waals surface area (Å²) in [5, 5.41) is 10.9. The number of nitrogens with zero attached hydrogens (tertiary/aromatic N) is 3. The van der Waals surface area contributed by atoms with Crippen LogP contribution < -0.4 is 5.30 Å². The number of halogens is 3. The van der Waals surface area contributed by atoms with E-state index in [2.05, 4.69) is 10.3 Å². The Kier molecular flexibility index (Phi) is 5.34. The zero-order chi connectivity index (χ0) is 24.9. The Hall–Kier alpha value is -3.70. The van der Waals surface area contributed by atoms with Crippen molar-refractivity contribution in [2.45, 2.75) is 25.4 Å². The number of aromatic nitrogens is 3. The van der Waals surface area contributed by atoms with Gasteiger partial charge in [-0.05, 0) is 60.2 Å². The van der Waals surface area contributed by atoms with Crippen LogP contribution in [0.1, 0.15) is 36.1 Å². The Morgan fingerprint density at radius 3 is 2.03 bits per heavy atom. The fourth-order valence-corrected chi connectivity index (χ4v) is 8.75. The van der Waals surface area contributed by atoms with Crippen molar-refractivity contribution in [1.29, 1.82) is 0 Å². The van der Waals surface area contributed by atoms with Gasteiger partial charge >= 0.3 is 6.18 Å². The Morgan fingerprint density at radius 1 is 0.778 bits per heavy atom. The molecule has 1 saturated carbocycles. The van der Waals surface area contributed by atoms with Crippen LogP contribution in [0.4, 0.5) is 13.2 Å². The fraction of sp³-hybridized carbons (Fsp3) is 0.143. The van der Waals surface area contributed by atoms with Crippen molar-refractivity contribution in [3.05, 3.63) is 119 Å². The molecule has 0 saturated heterocycles. The Morgan fingerprint density at radius 2 is 1.39 bits per heavy atom. The monoisotopic (exact) mass is 503 g/mol. The van der Waals surface area contributed by atoms with Crippen molar-refractivity contribution < 1.29 is 17.7 Å². The number of hydrogen-bond donors (Lipinski definition) is 0. The maximum Gasteiger partial charge on any atom is 0.416 e. The predicted octanol–water partition coefficient (Wildman–Crippen LogP) is 7.29. The summed E-state index contributed by atoms with van der Waals surface area (Å²) in [6.45, 7) is 0. The molecule has 1 aliphatic carbocycles. The van der Waals surface area contributed by atoms with Crippen molar-refractivity contribution >= 4 is 23.1 Å². The lowest BCUT2D eigenvalue weighted by atomic mass is 10.0. The number of hydrogen-bond acceptors (Lipinski definition) is 3. The first kappa shape index (κ1) is 22.7. The summed E-state index contributed by atoms with van der Waals surface area (Å²) in [5.74, 6) is 0. The number of rotatable bonds is 4. The van der Waals surface area contributed by atoms with E-state index in [0.29, 0.717) is 16.7 Å². The minimum Gasteiger partial charge on any atom is -0.309 e. The van der Waals surface area contributed by atoms with Crippen LogP contribution in [0.5, 0.6) is 0 Å². The van der Waals surface area contributed by atoms with Gasteiger partial charge in [0.1, 0.15) is 5.69 Å². The van der Waals surface area contributed by atoms with Crippen LogP contribution in [0.15, 0.2) is 102 Å². The first-order valence-corrected chi connectivity index (χ1v) is 13.4. The highest BCUT2D eigenvalue weighted by Crippen LogP contribution is 2.75. The lowest BCUT2D eigenvalue weighted by Gasteiger charge is -2.21. The molecule has 6 rings (SSSR count). The molecule has 36 heavy (non-hydrogen) atoms. The summed E-state index contributed by atoms with van der Waals surface area (Å²) < 4.78 is 55.7. The molecule has 8 heteroatoms. The standard InChI is InChI=1S/C28H21F3N3OP/c29-28(30,31)20-14-16-21(17-15-20)34-18-25(32-33-34)27-24-13-7-12-23(24)26(19-8-3-1-4-9-19)36(27,35)22-10-5-2-6-11-22/h1-6,8-11,14-18H,7,12-13H2. The van der Waals surface area contributed by atoms with Crippen molar-refractivity contribution in [3.63, 3.8) is 0 Å². The van der Waals surface area contributed by atoms with Gasteiger partial charge in [0, 0.05) is 10.6 Å². The SMILES string of the molecule is O=P1(c2ccccc2)C(c2ccccc2)=C2CCCC2=C1c1cn(-c2ccc(C(F)(F)F)cc2)nn1. The molecule has 0 radical (unpaired) electrons. The molecule has 4 nitrogen and oxygen atoms in total. The van der Waals surface area contributed by atoms with Gasteiger partial charge in [0.25, 0.3) is 0 Å². The van der Waals surface area contributed by atoms with Crippen molar-refractivity contribution in [2.75, 3.05) is 0 Å². The normalized spacial score (nSPS) is 19.8. The molecule has 180 valence electrons. The molecule has 1 aromatic heterocycles. The maximum atomic E-state index is 15.3. The van der Waals surface area contributed by atoms with E-state index in [-0.39, 0.29) is 0 Å². The lowest BCUT2D eigenvalue weighted by Crippen LogP contribution is -2.07. The molecule has 0 spiro atoms. The van der Waals surface area contributed by atoms with Crippen molar-refractivity contribution in [2.24, 2.45) is 0 Å². The van der Waals surface area contributed by atoms with Gasteiger partial charge < -0.3 is 4.57 Å². The van der Waals surface area contributed by atoms with Gasteiger partial charge in [0.05, 0.1) is 22.8 Å². The second-order valence-corrected chi connectivity index (χ2v) is 11.5. The molecular formula is C28H21F3N3OP. The van der Waals surface area contributed by atoms with Gasteiger partial charge in [-0.1, -0.05) is 65.9 Å². The molecule has 1 unspecified atom stereocenters. The molecule has 0 bridgehead atoms. The van der Waals surface area contributed by atoms with E-state index in [1.807, 2.05) is 60.7 Å². The topological polar surface area (TPSA) is 47.8 Å². The molecule has 1 aliphatic heterocycles. The van der Waals surface area contributed by atoms with Crippen LogP contribution in [0.3, 0.4) is 0 Å². The molecule has 0 N–H and O–H groups in total. The van der Waals surface area contributed by atoms with Crippen LogP contribution in [0, 0.1) is 0 Å². The average molecular weight is 503 g/mol. The third-order valence-corrected chi connectivity index (χ3v) is 10.1. The highest BCUT2D eigenvalue weighted by atomic mass is 31.2. The zero-order valence-corrected chi connectivity index (χ0v) is 20.0. The third-order valence-electron chi connectivity index (χ3n) is 6.78. The van der Waals surface area contributed by atoms with E-state index >= 15 is 4.57 Å². The summed E-state index contributed by atoms with van der Waals surface area (Å²) in [7, 11) is -3.28. The zero-order valence-electron chi connectivity index (χ0n) is 19.1. The van der Waals surface area contributed by atoms with Crippen LogP contribution in [-0.2, 0) is 10.7 Å². The summed E-state index contributed by atoms with van der Waals surface area (Å²) in [6.07, 6.45) is -0.141. The van der Waals surface area contributed by atoms with Gasteiger partial charge in [0.2, 0.25) is 0 Å². The summed E-state index contributed by atoms with van der Waals surface area (Å²) in [6, 6.07) is 24.1. The van der Waals surface area contributed by atoms with Crippen LogP contribution >= 0.6 is 7.14 Å². The number of benzene rings is 3. The minimum absolute atomic E-state index is 0.447. The highest BCUT2D eigenvalue weighted by molar-refractivity contribution is 7.90.